The van der Waals surface area contributed by atoms with E-state index in [1.165, 1.54) is 122 Å². The summed E-state index contributed by atoms with van der Waals surface area (Å²) >= 11 is 0. The fourth-order valence-electron chi connectivity index (χ4n) is 8.94. The van der Waals surface area contributed by atoms with E-state index in [0.29, 0.717) is 25.7 Å². The highest BCUT2D eigenvalue weighted by Gasteiger charge is 2.50. The van der Waals surface area contributed by atoms with E-state index in [4.69, 9.17) is 23.7 Å². The number of hydrogen-bond donors (Lipinski definition) is 3. The van der Waals surface area contributed by atoms with Gasteiger partial charge >= 0.3 is 23.9 Å². The zero-order valence-corrected chi connectivity index (χ0v) is 47.5. The molecule has 0 amide bonds. The van der Waals surface area contributed by atoms with E-state index in [0.717, 1.165) is 77.0 Å². The second-order valence-electron chi connectivity index (χ2n) is 20.6. The second kappa shape index (κ2) is 51.2. The predicted octanol–water partition coefficient (Wildman–Crippen LogP) is 15.6. The minimum absolute atomic E-state index is 0.00849. The molecule has 6 atom stereocenters. The van der Waals surface area contributed by atoms with Gasteiger partial charge in [0, 0.05) is 19.3 Å². The Labute approximate surface area is 456 Å². The second-order valence-corrected chi connectivity index (χ2v) is 20.6. The first-order chi connectivity index (χ1) is 36.6. The quantitative estimate of drug-likeness (QED) is 0.0228. The van der Waals surface area contributed by atoms with Crippen LogP contribution < -0.4 is 0 Å². The van der Waals surface area contributed by atoms with Crippen LogP contribution in [0.1, 0.15) is 265 Å². The molecule has 3 N–H and O–H groups in total. The van der Waals surface area contributed by atoms with Gasteiger partial charge in [-0.1, -0.05) is 223 Å². The molecule has 0 aromatic heterocycles. The molecule has 0 saturated carbocycles. The number of carbonyl (C=O) groups is 4. The highest BCUT2D eigenvalue weighted by atomic mass is 16.7. The molecule has 6 unspecified atom stereocenters. The maximum atomic E-state index is 13.1. The third-order valence-corrected chi connectivity index (χ3v) is 13.6. The number of rotatable bonds is 51. The van der Waals surface area contributed by atoms with Crippen molar-refractivity contribution in [1.82, 2.24) is 0 Å². The van der Waals surface area contributed by atoms with E-state index in [1.807, 2.05) is 0 Å². The molecule has 1 aliphatic heterocycles. The van der Waals surface area contributed by atoms with Gasteiger partial charge in [0.15, 0.2) is 24.6 Å². The van der Waals surface area contributed by atoms with Crippen LogP contribution in [0.5, 0.6) is 0 Å². The van der Waals surface area contributed by atoms with Gasteiger partial charge in [-0.15, -0.1) is 0 Å². The molecule has 0 radical (unpaired) electrons. The lowest BCUT2D eigenvalue weighted by Gasteiger charge is -2.40. The third kappa shape index (κ3) is 41.2. The van der Waals surface area contributed by atoms with Gasteiger partial charge in [-0.3, -0.25) is 14.4 Å². The Morgan fingerprint density at radius 1 is 0.453 bits per heavy atom. The van der Waals surface area contributed by atoms with Gasteiger partial charge in [0.25, 0.3) is 0 Å². The summed E-state index contributed by atoms with van der Waals surface area (Å²) in [4.78, 5) is 51.1. The first kappa shape index (κ1) is 69.4. The first-order valence-corrected chi connectivity index (χ1v) is 30.3. The van der Waals surface area contributed by atoms with Crippen LogP contribution in [0.2, 0.25) is 0 Å². The topological polar surface area (TPSA) is 175 Å². The third-order valence-electron chi connectivity index (χ3n) is 13.6. The fourth-order valence-corrected chi connectivity index (χ4v) is 8.94. The lowest BCUT2D eigenvalue weighted by atomic mass is 9.98. The molecule has 1 fully saturated rings. The van der Waals surface area contributed by atoms with Crippen molar-refractivity contribution in [3.05, 3.63) is 60.8 Å². The summed E-state index contributed by atoms with van der Waals surface area (Å²) in [6, 6.07) is 0. The number of aliphatic carboxylic acids is 1. The maximum Gasteiger partial charge on any atom is 0.335 e. The molecule has 1 aliphatic rings. The molecular formula is C63H108O12. The van der Waals surface area contributed by atoms with Crippen molar-refractivity contribution in [2.75, 3.05) is 13.2 Å². The molecule has 0 spiro atoms. The van der Waals surface area contributed by atoms with Crippen molar-refractivity contribution >= 4 is 23.9 Å². The number of allylic oxidation sites excluding steroid dienone is 10. The zero-order valence-electron chi connectivity index (χ0n) is 47.5. The minimum atomic E-state index is -1.92. The number of aliphatic hydroxyl groups excluding tert-OH is 2. The fraction of sp³-hybridized carbons (Fsp3) is 0.778. The predicted molar refractivity (Wildman–Crippen MR) is 303 cm³/mol. The lowest BCUT2D eigenvalue weighted by molar-refractivity contribution is -0.301. The number of carboxylic acid groups (broad SMARTS) is 1. The Bertz CT molecular complexity index is 1540. The summed E-state index contributed by atoms with van der Waals surface area (Å²) in [5, 5.41) is 31.5. The van der Waals surface area contributed by atoms with Crippen molar-refractivity contribution in [2.45, 2.75) is 302 Å². The van der Waals surface area contributed by atoms with Crippen LogP contribution in [-0.2, 0) is 42.9 Å². The Hall–Kier alpha value is -3.58. The first-order valence-electron chi connectivity index (χ1n) is 30.3. The molecule has 12 heteroatoms. The molecule has 12 nitrogen and oxygen atoms in total. The van der Waals surface area contributed by atoms with Crippen molar-refractivity contribution in [1.29, 1.82) is 0 Å². The average molecular weight is 1060 g/mol. The number of hydrogen-bond acceptors (Lipinski definition) is 11. The number of carboxylic acids is 1. The number of carbonyl (C=O) groups excluding carboxylic acids is 3. The van der Waals surface area contributed by atoms with Gasteiger partial charge in [-0.25, -0.2) is 4.79 Å². The summed E-state index contributed by atoms with van der Waals surface area (Å²) in [6.07, 6.45) is 50.5. The monoisotopic (exact) mass is 1060 g/mol. The molecule has 0 aliphatic carbocycles. The van der Waals surface area contributed by atoms with Crippen molar-refractivity contribution in [3.63, 3.8) is 0 Å². The van der Waals surface area contributed by atoms with Gasteiger partial charge < -0.3 is 39.0 Å². The van der Waals surface area contributed by atoms with E-state index in [-0.39, 0.29) is 25.9 Å². The minimum Gasteiger partial charge on any atom is -0.479 e. The summed E-state index contributed by atoms with van der Waals surface area (Å²) < 4.78 is 28.4. The molecule has 1 heterocycles. The molecule has 0 bridgehead atoms. The molecule has 0 aromatic rings. The lowest BCUT2D eigenvalue weighted by Crippen LogP contribution is -2.61. The number of aliphatic hydroxyl groups is 2. The smallest absolute Gasteiger partial charge is 0.335 e. The Morgan fingerprint density at radius 3 is 1.32 bits per heavy atom. The van der Waals surface area contributed by atoms with Crippen LogP contribution in [-0.4, -0.2) is 89.2 Å². The normalized spacial score (nSPS) is 18.5. The average Bonchev–Trinajstić information content (AvgIpc) is 3.39. The van der Waals surface area contributed by atoms with Gasteiger partial charge in [0.05, 0.1) is 6.61 Å². The molecule has 1 rings (SSSR count). The van der Waals surface area contributed by atoms with E-state index in [2.05, 4.69) is 81.5 Å². The zero-order chi connectivity index (χ0) is 54.7. The Morgan fingerprint density at radius 2 is 0.840 bits per heavy atom. The summed E-state index contributed by atoms with van der Waals surface area (Å²) in [5.41, 5.74) is 0. The van der Waals surface area contributed by atoms with Gasteiger partial charge in [0.1, 0.15) is 18.8 Å². The van der Waals surface area contributed by atoms with Crippen LogP contribution in [0.3, 0.4) is 0 Å². The molecular weight excluding hydrogens is 949 g/mol. The van der Waals surface area contributed by atoms with Crippen LogP contribution in [0.15, 0.2) is 60.8 Å². The van der Waals surface area contributed by atoms with Crippen molar-refractivity contribution in [3.8, 4) is 0 Å². The van der Waals surface area contributed by atoms with E-state index in [9.17, 15) is 34.5 Å². The van der Waals surface area contributed by atoms with Crippen molar-refractivity contribution < 1.29 is 58.2 Å². The summed E-state index contributed by atoms with van der Waals surface area (Å²) in [5.74, 6) is -3.16. The Balaban J connectivity index is 2.70. The molecule has 432 valence electrons. The van der Waals surface area contributed by atoms with Crippen LogP contribution >= 0.6 is 0 Å². The van der Waals surface area contributed by atoms with Crippen LogP contribution in [0, 0.1) is 0 Å². The highest BCUT2D eigenvalue weighted by molar-refractivity contribution is 5.74. The largest absolute Gasteiger partial charge is 0.479 e. The standard InChI is InChI=1S/C63H108O12/c1-4-7-10-13-16-19-22-25-27-28-30-32-34-37-40-43-46-49-55(64)71-52-54(73-56(65)50-47-44-41-38-35-31-24-21-18-15-12-9-6-3)53-72-63-61(59(68)58(67)60(75-63)62(69)70)74-57(66)51-48-45-42-39-36-33-29-26-23-20-17-14-11-8-5-2/h8,11,17,20,25-27,29,36,39,54,58-61,63,67-68H,4-7,9-10,12-16,18-19,21-24,28,30-35,37-38,40-53H2,1-3H3,(H,69,70)/b11-8-,20-17-,27-25-,29-26-,39-36-. The van der Waals surface area contributed by atoms with Gasteiger partial charge in [-0.05, 0) is 83.5 Å². The van der Waals surface area contributed by atoms with E-state index < -0.39 is 67.3 Å². The van der Waals surface area contributed by atoms with Gasteiger partial charge in [0.2, 0.25) is 0 Å². The van der Waals surface area contributed by atoms with Crippen LogP contribution in [0.25, 0.3) is 0 Å². The Kier molecular flexibility index (Phi) is 47.4. The molecule has 1 saturated heterocycles. The van der Waals surface area contributed by atoms with E-state index >= 15 is 0 Å². The summed E-state index contributed by atoms with van der Waals surface area (Å²) in [6.45, 7) is 5.87. The SMILES string of the molecule is CC/C=C\C/C=C\C/C=C\C/C=C\CCCCC(=O)OC1C(OCC(COC(=O)CCCCCCCCC/C=C\CCCCCCCC)OC(=O)CCCCCCCCCCCCCCC)OC(C(=O)O)C(O)C1O. The van der Waals surface area contributed by atoms with Crippen LogP contribution in [0.4, 0.5) is 0 Å². The number of ether oxygens (including phenoxy) is 5. The molecule has 0 aromatic carbocycles. The van der Waals surface area contributed by atoms with Gasteiger partial charge in [-0.2, -0.15) is 0 Å². The summed E-state index contributed by atoms with van der Waals surface area (Å²) in [7, 11) is 0. The number of esters is 3. The maximum absolute atomic E-state index is 13.1. The van der Waals surface area contributed by atoms with E-state index in [1.54, 1.807) is 0 Å². The van der Waals surface area contributed by atoms with Crippen molar-refractivity contribution in [2.24, 2.45) is 0 Å². The highest BCUT2D eigenvalue weighted by Crippen LogP contribution is 2.26. The molecule has 75 heavy (non-hydrogen) atoms. The number of unbranched alkanes of at least 4 members (excludes halogenated alkanes) is 27.